The van der Waals surface area contributed by atoms with Gasteiger partial charge in [-0.25, -0.2) is 0 Å². The molecule has 11 heavy (non-hydrogen) atoms. The first-order valence-corrected chi connectivity index (χ1v) is 4.55. The molecular weight excluding hydrogens is 164 g/mol. The molecule has 2 saturated carbocycles. The van der Waals surface area contributed by atoms with Crippen molar-refractivity contribution < 1.29 is 9.53 Å². The lowest BCUT2D eigenvalue weighted by Crippen LogP contribution is -2.26. The van der Waals surface area contributed by atoms with Gasteiger partial charge in [-0.15, -0.1) is 11.6 Å². The molecule has 0 amide bonds. The van der Waals surface area contributed by atoms with Crippen LogP contribution < -0.4 is 0 Å². The Morgan fingerprint density at radius 3 is 2.91 bits per heavy atom. The minimum Gasteiger partial charge on any atom is -0.460 e. The molecule has 0 radical (unpaired) electrons. The van der Waals surface area contributed by atoms with Crippen molar-refractivity contribution in [2.24, 2.45) is 17.8 Å². The molecular formula is C8H9ClO2. The largest absolute Gasteiger partial charge is 0.460 e. The van der Waals surface area contributed by atoms with Crippen molar-refractivity contribution >= 4 is 17.6 Å². The Morgan fingerprint density at radius 2 is 2.27 bits per heavy atom. The highest BCUT2D eigenvalue weighted by Crippen LogP contribution is 2.56. The Morgan fingerprint density at radius 1 is 1.45 bits per heavy atom. The van der Waals surface area contributed by atoms with E-state index in [0.717, 1.165) is 12.8 Å². The molecule has 0 aromatic carbocycles. The quantitative estimate of drug-likeness (QED) is 0.405. The zero-order chi connectivity index (χ0) is 7.59. The Hall–Kier alpha value is -0.240. The number of carbonyl (C=O) groups excluding carboxylic acids is 1. The van der Waals surface area contributed by atoms with Crippen LogP contribution in [0.3, 0.4) is 0 Å². The third kappa shape index (κ3) is 0.583. The molecule has 3 rings (SSSR count). The molecule has 2 aliphatic carbocycles. The third-order valence-corrected chi connectivity index (χ3v) is 3.99. The summed E-state index contributed by atoms with van der Waals surface area (Å²) < 4.78 is 5.18. The van der Waals surface area contributed by atoms with Crippen LogP contribution in [0.15, 0.2) is 0 Å². The van der Waals surface area contributed by atoms with Gasteiger partial charge in [0.15, 0.2) is 0 Å². The van der Waals surface area contributed by atoms with E-state index in [4.69, 9.17) is 16.3 Å². The maximum atomic E-state index is 11.2. The van der Waals surface area contributed by atoms with Crippen LogP contribution in [0.1, 0.15) is 12.8 Å². The highest BCUT2D eigenvalue weighted by atomic mass is 35.5. The predicted molar refractivity (Wildman–Crippen MR) is 39.2 cm³/mol. The summed E-state index contributed by atoms with van der Waals surface area (Å²) in [5.41, 5.74) is 0. The van der Waals surface area contributed by atoms with Gasteiger partial charge in [-0.05, 0) is 18.8 Å². The van der Waals surface area contributed by atoms with Gasteiger partial charge >= 0.3 is 5.97 Å². The number of carbonyl (C=O) groups is 1. The van der Waals surface area contributed by atoms with E-state index in [9.17, 15) is 4.79 Å². The molecule has 5 atom stereocenters. The number of hydrogen-bond acceptors (Lipinski definition) is 2. The molecule has 2 bridgehead atoms. The average molecular weight is 173 g/mol. The number of alkyl halides is 1. The number of halogens is 1. The summed E-state index contributed by atoms with van der Waals surface area (Å²) in [4.78, 5) is 11.2. The van der Waals surface area contributed by atoms with Crippen LogP contribution in [0.25, 0.3) is 0 Å². The van der Waals surface area contributed by atoms with E-state index >= 15 is 0 Å². The summed E-state index contributed by atoms with van der Waals surface area (Å²) in [5, 5.41) is 0.114. The lowest BCUT2D eigenvalue weighted by atomic mass is 9.90. The second-order valence-corrected chi connectivity index (χ2v) is 4.35. The molecule has 3 aliphatic rings. The van der Waals surface area contributed by atoms with Gasteiger partial charge in [-0.3, -0.25) is 4.79 Å². The molecule has 1 aliphatic heterocycles. The van der Waals surface area contributed by atoms with Crippen molar-refractivity contribution in [3.63, 3.8) is 0 Å². The fourth-order valence-corrected chi connectivity index (χ4v) is 3.33. The number of fused-ring (bicyclic) bond motifs is 1. The molecule has 3 fully saturated rings. The van der Waals surface area contributed by atoms with Crippen molar-refractivity contribution in [2.45, 2.75) is 24.3 Å². The van der Waals surface area contributed by atoms with Crippen LogP contribution in [-0.2, 0) is 9.53 Å². The van der Waals surface area contributed by atoms with E-state index in [2.05, 4.69) is 0 Å². The Labute approximate surface area is 69.9 Å². The second kappa shape index (κ2) is 1.74. The van der Waals surface area contributed by atoms with E-state index in [1.165, 1.54) is 0 Å². The molecule has 0 unspecified atom stereocenters. The fraction of sp³-hybridized carbons (Fsp3) is 0.875. The van der Waals surface area contributed by atoms with Crippen LogP contribution in [0, 0.1) is 17.8 Å². The van der Waals surface area contributed by atoms with Crippen LogP contribution in [0.2, 0.25) is 0 Å². The van der Waals surface area contributed by atoms with Gasteiger partial charge in [0.1, 0.15) is 6.10 Å². The van der Waals surface area contributed by atoms with Crippen LogP contribution in [0.4, 0.5) is 0 Å². The standard InChI is InChI=1S/C8H9ClO2/c9-6-3-1-4-5(2-3)8(10)11-7(4)6/h3-7H,1-2H2/t3-,4-,5+,6-,7+/m1/s1. The SMILES string of the molecule is O=C1O[C@@H]2[C@H](Cl)[C@@H]3C[C@@H]2[C@@H]1C3. The van der Waals surface area contributed by atoms with Gasteiger partial charge in [-0.1, -0.05) is 0 Å². The van der Waals surface area contributed by atoms with E-state index < -0.39 is 0 Å². The van der Waals surface area contributed by atoms with Crippen molar-refractivity contribution in [3.8, 4) is 0 Å². The third-order valence-electron chi connectivity index (χ3n) is 3.39. The van der Waals surface area contributed by atoms with Crippen molar-refractivity contribution in [3.05, 3.63) is 0 Å². The van der Waals surface area contributed by atoms with Gasteiger partial charge in [-0.2, -0.15) is 0 Å². The van der Waals surface area contributed by atoms with Gasteiger partial charge < -0.3 is 4.74 Å². The zero-order valence-corrected chi connectivity index (χ0v) is 6.75. The Balaban J connectivity index is 2.04. The first kappa shape index (κ1) is 6.30. The molecule has 0 N–H and O–H groups in total. The minimum absolute atomic E-state index is 0.00523. The highest BCUT2D eigenvalue weighted by Gasteiger charge is 2.61. The lowest BCUT2D eigenvalue weighted by molar-refractivity contribution is -0.143. The van der Waals surface area contributed by atoms with Crippen LogP contribution in [-0.4, -0.2) is 17.5 Å². The molecule has 3 heteroatoms. The highest BCUT2D eigenvalue weighted by molar-refractivity contribution is 6.21. The number of ether oxygens (including phenoxy) is 1. The molecule has 1 saturated heterocycles. The molecule has 2 nitrogen and oxygen atoms in total. The monoisotopic (exact) mass is 172 g/mol. The van der Waals surface area contributed by atoms with Crippen LogP contribution in [0.5, 0.6) is 0 Å². The summed E-state index contributed by atoms with van der Waals surface area (Å²) in [5.74, 6) is 1.24. The van der Waals surface area contributed by atoms with E-state index in [1.807, 2.05) is 0 Å². The zero-order valence-electron chi connectivity index (χ0n) is 6.00. The number of esters is 1. The molecule has 0 spiro atoms. The smallest absolute Gasteiger partial charge is 0.309 e. The van der Waals surface area contributed by atoms with Gasteiger partial charge in [0.25, 0.3) is 0 Å². The maximum Gasteiger partial charge on any atom is 0.309 e. The summed E-state index contributed by atoms with van der Waals surface area (Å²) in [6.07, 6.45) is 2.16. The summed E-state index contributed by atoms with van der Waals surface area (Å²) in [6, 6.07) is 0. The number of hydrogen-bond donors (Lipinski definition) is 0. The Bertz CT molecular complexity index is 228. The van der Waals surface area contributed by atoms with Gasteiger partial charge in [0.2, 0.25) is 0 Å². The van der Waals surface area contributed by atoms with Gasteiger partial charge in [0.05, 0.1) is 11.3 Å². The Kier molecular flexibility index (Phi) is 0.995. The lowest BCUT2D eigenvalue weighted by Gasteiger charge is -2.18. The molecule has 0 aromatic rings. The molecule has 1 heterocycles. The van der Waals surface area contributed by atoms with Crippen molar-refractivity contribution in [1.82, 2.24) is 0 Å². The predicted octanol–water partition coefficient (Wildman–Crippen LogP) is 1.18. The topological polar surface area (TPSA) is 26.3 Å². The first-order chi connectivity index (χ1) is 5.27. The fourth-order valence-electron chi connectivity index (χ4n) is 2.88. The van der Waals surface area contributed by atoms with Crippen molar-refractivity contribution in [2.75, 3.05) is 0 Å². The molecule has 60 valence electrons. The van der Waals surface area contributed by atoms with E-state index in [0.29, 0.717) is 11.8 Å². The van der Waals surface area contributed by atoms with E-state index in [1.54, 1.807) is 0 Å². The normalized spacial score (nSPS) is 58.6. The summed E-state index contributed by atoms with van der Waals surface area (Å²) in [6.45, 7) is 0. The minimum atomic E-state index is 0.00523. The summed E-state index contributed by atoms with van der Waals surface area (Å²) >= 11 is 6.09. The second-order valence-electron chi connectivity index (χ2n) is 3.85. The first-order valence-electron chi connectivity index (χ1n) is 4.12. The van der Waals surface area contributed by atoms with Gasteiger partial charge in [0, 0.05) is 5.92 Å². The summed E-state index contributed by atoms with van der Waals surface area (Å²) in [7, 11) is 0. The number of rotatable bonds is 0. The van der Waals surface area contributed by atoms with Crippen LogP contribution >= 0.6 is 11.6 Å². The molecule has 0 aromatic heterocycles. The van der Waals surface area contributed by atoms with E-state index in [-0.39, 0.29) is 23.4 Å². The maximum absolute atomic E-state index is 11.2. The average Bonchev–Trinajstić information content (AvgIpc) is 2.53. The van der Waals surface area contributed by atoms with Crippen molar-refractivity contribution in [1.29, 1.82) is 0 Å².